The number of fused-ring (bicyclic) bond motifs is 3. The van der Waals surface area contributed by atoms with Gasteiger partial charge in [0.25, 0.3) is 0 Å². The number of rotatable bonds is 8. The zero-order valence-electron chi connectivity index (χ0n) is 17.7. The predicted octanol–water partition coefficient (Wildman–Crippen LogP) is 3.81. The molecular weight excluding hydrogens is 414 g/mol. The van der Waals surface area contributed by atoms with E-state index in [0.29, 0.717) is 12.6 Å². The molecule has 3 aliphatic rings. The zero-order chi connectivity index (χ0) is 20.6. The third-order valence-corrected chi connectivity index (χ3v) is 9.23. The van der Waals surface area contributed by atoms with E-state index in [1.807, 2.05) is 16.8 Å². The molecule has 4 heterocycles. The van der Waals surface area contributed by atoms with E-state index >= 15 is 0 Å². The Hall–Kier alpha value is -1.28. The average molecular weight is 446 g/mol. The minimum atomic E-state index is -0.374. The van der Waals surface area contributed by atoms with Gasteiger partial charge in [0.1, 0.15) is 0 Å². The van der Waals surface area contributed by atoms with Gasteiger partial charge in [-0.15, -0.1) is 22.7 Å². The highest BCUT2D eigenvalue weighted by Crippen LogP contribution is 2.51. The molecule has 5 rings (SSSR count). The molecular formula is C23H31N3O2S2. The summed E-state index contributed by atoms with van der Waals surface area (Å²) in [5, 5.41) is 7.76. The number of thiazole rings is 1. The Kier molecular flexibility index (Phi) is 5.97. The van der Waals surface area contributed by atoms with Gasteiger partial charge in [0.15, 0.2) is 0 Å². The van der Waals surface area contributed by atoms with E-state index in [0.717, 1.165) is 38.1 Å². The first-order valence-corrected chi connectivity index (χ1v) is 13.0. The lowest BCUT2D eigenvalue weighted by Crippen LogP contribution is -2.50. The molecule has 1 aliphatic carbocycles. The van der Waals surface area contributed by atoms with Crippen molar-refractivity contribution in [3.63, 3.8) is 0 Å². The van der Waals surface area contributed by atoms with Crippen LogP contribution in [0.25, 0.3) is 0 Å². The Balaban J connectivity index is 1.36. The molecule has 0 aromatic carbocycles. The monoisotopic (exact) mass is 445 g/mol. The number of carbonyl (C=O) groups is 1. The second-order valence-corrected chi connectivity index (χ2v) is 10.7. The first-order chi connectivity index (χ1) is 14.7. The van der Waals surface area contributed by atoms with Crippen molar-refractivity contribution in [3.8, 4) is 0 Å². The summed E-state index contributed by atoms with van der Waals surface area (Å²) in [5.74, 6) is 0.223. The molecule has 2 aromatic heterocycles. The summed E-state index contributed by atoms with van der Waals surface area (Å²) in [6.07, 6.45) is 8.93. The highest BCUT2D eigenvalue weighted by atomic mass is 32.1. The molecule has 162 valence electrons. The van der Waals surface area contributed by atoms with Gasteiger partial charge in [-0.2, -0.15) is 0 Å². The van der Waals surface area contributed by atoms with Crippen molar-refractivity contribution < 1.29 is 9.53 Å². The number of aryl methyl sites for hydroxylation is 1. The van der Waals surface area contributed by atoms with Crippen LogP contribution >= 0.6 is 22.7 Å². The quantitative estimate of drug-likeness (QED) is 0.671. The van der Waals surface area contributed by atoms with Gasteiger partial charge in [-0.3, -0.25) is 9.69 Å². The molecule has 2 fully saturated rings. The standard InChI is InChI=1S/C23H31N3O2S2/c1-28-9-8-26-18-6-7-21(26)23(11-18,10-17-14-29-15-25-17)22(27)24-12-16-13-30-20-5-3-2-4-19(16)20/h13-15,18,21H,2-12H2,1H3,(H,24,27)/t18-,21+,23+/m1/s1. The molecule has 2 aliphatic heterocycles. The van der Waals surface area contributed by atoms with Crippen molar-refractivity contribution in [2.45, 2.75) is 70.0 Å². The molecule has 5 nitrogen and oxygen atoms in total. The number of amides is 1. The van der Waals surface area contributed by atoms with Gasteiger partial charge in [-0.05, 0) is 61.5 Å². The summed E-state index contributed by atoms with van der Waals surface area (Å²) >= 11 is 3.50. The smallest absolute Gasteiger partial charge is 0.228 e. The second kappa shape index (κ2) is 8.69. The Morgan fingerprint density at radius 1 is 1.33 bits per heavy atom. The number of aromatic nitrogens is 1. The Morgan fingerprint density at radius 2 is 2.23 bits per heavy atom. The fourth-order valence-electron chi connectivity index (χ4n) is 6.06. The van der Waals surface area contributed by atoms with E-state index in [1.54, 1.807) is 18.4 Å². The molecule has 2 aromatic rings. The van der Waals surface area contributed by atoms with Gasteiger partial charge in [-0.25, -0.2) is 4.98 Å². The summed E-state index contributed by atoms with van der Waals surface area (Å²) in [7, 11) is 1.76. The number of hydrogen-bond acceptors (Lipinski definition) is 6. The lowest BCUT2D eigenvalue weighted by molar-refractivity contribution is -0.133. The minimum Gasteiger partial charge on any atom is -0.383 e. The summed E-state index contributed by atoms with van der Waals surface area (Å²) in [5.41, 5.74) is 5.42. The van der Waals surface area contributed by atoms with E-state index in [1.165, 1.54) is 48.1 Å². The molecule has 0 unspecified atom stereocenters. The maximum Gasteiger partial charge on any atom is 0.228 e. The van der Waals surface area contributed by atoms with Crippen LogP contribution in [0.1, 0.15) is 53.8 Å². The van der Waals surface area contributed by atoms with Crippen LogP contribution in [0.5, 0.6) is 0 Å². The van der Waals surface area contributed by atoms with Crippen LogP contribution in [-0.2, 0) is 35.3 Å². The molecule has 3 atom stereocenters. The number of nitrogens with one attached hydrogen (secondary N) is 1. The summed E-state index contributed by atoms with van der Waals surface area (Å²) in [6.45, 7) is 2.30. The number of thiophene rings is 1. The molecule has 0 spiro atoms. The number of methoxy groups -OCH3 is 1. The normalized spacial score (nSPS) is 28.0. The number of ether oxygens (including phenoxy) is 1. The molecule has 2 bridgehead atoms. The van der Waals surface area contributed by atoms with E-state index in [4.69, 9.17) is 4.74 Å². The molecule has 7 heteroatoms. The fourth-order valence-corrected chi connectivity index (χ4v) is 7.77. The molecule has 0 radical (unpaired) electrons. The molecule has 30 heavy (non-hydrogen) atoms. The Bertz CT molecular complexity index is 881. The van der Waals surface area contributed by atoms with Crippen molar-refractivity contribution in [2.75, 3.05) is 20.3 Å². The average Bonchev–Trinajstić information content (AvgIpc) is 3.55. The van der Waals surface area contributed by atoms with E-state index in [9.17, 15) is 4.79 Å². The lowest BCUT2D eigenvalue weighted by atomic mass is 9.70. The van der Waals surface area contributed by atoms with E-state index in [-0.39, 0.29) is 17.4 Å². The molecule has 1 N–H and O–H groups in total. The van der Waals surface area contributed by atoms with Crippen molar-refractivity contribution >= 4 is 28.6 Å². The summed E-state index contributed by atoms with van der Waals surface area (Å²) < 4.78 is 5.36. The predicted molar refractivity (Wildman–Crippen MR) is 121 cm³/mol. The second-order valence-electron chi connectivity index (χ2n) is 9.05. The van der Waals surface area contributed by atoms with Crippen LogP contribution < -0.4 is 5.32 Å². The Morgan fingerprint density at radius 3 is 3.07 bits per heavy atom. The van der Waals surface area contributed by atoms with Crippen LogP contribution in [0.3, 0.4) is 0 Å². The number of carbonyl (C=O) groups excluding carboxylic acids is 1. The number of hydrogen-bond donors (Lipinski definition) is 1. The van der Waals surface area contributed by atoms with Crippen LogP contribution in [0.15, 0.2) is 16.3 Å². The van der Waals surface area contributed by atoms with Gasteiger partial charge in [0, 0.05) is 49.0 Å². The largest absolute Gasteiger partial charge is 0.383 e. The highest BCUT2D eigenvalue weighted by molar-refractivity contribution is 7.10. The van der Waals surface area contributed by atoms with E-state index in [2.05, 4.69) is 26.0 Å². The first kappa shape index (κ1) is 20.6. The third kappa shape index (κ3) is 3.64. The van der Waals surface area contributed by atoms with Gasteiger partial charge < -0.3 is 10.1 Å². The Labute approximate surface area is 186 Å². The molecule has 1 amide bonds. The van der Waals surface area contributed by atoms with Crippen LogP contribution in [0.2, 0.25) is 0 Å². The van der Waals surface area contributed by atoms with E-state index < -0.39 is 0 Å². The fraction of sp³-hybridized carbons (Fsp3) is 0.652. The SMILES string of the molecule is COCCN1[C@@H]2CC[C@H]1[C@@](Cc1cscn1)(C(=O)NCc1csc3c1CCCC3)C2. The topological polar surface area (TPSA) is 54.5 Å². The maximum absolute atomic E-state index is 13.8. The van der Waals surface area contributed by atoms with Crippen molar-refractivity contribution in [3.05, 3.63) is 38.0 Å². The zero-order valence-corrected chi connectivity index (χ0v) is 19.3. The van der Waals surface area contributed by atoms with Gasteiger partial charge in [0.2, 0.25) is 5.91 Å². The summed E-state index contributed by atoms with van der Waals surface area (Å²) in [6, 6.07) is 0.777. The van der Waals surface area contributed by atoms with Gasteiger partial charge in [-0.1, -0.05) is 0 Å². The van der Waals surface area contributed by atoms with Gasteiger partial charge >= 0.3 is 0 Å². The van der Waals surface area contributed by atoms with Crippen LogP contribution in [0.4, 0.5) is 0 Å². The summed E-state index contributed by atoms with van der Waals surface area (Å²) in [4.78, 5) is 22.4. The highest BCUT2D eigenvalue weighted by Gasteiger charge is 2.59. The number of nitrogens with zero attached hydrogens (tertiary/aromatic N) is 2. The van der Waals surface area contributed by atoms with Crippen LogP contribution in [0, 0.1) is 5.41 Å². The molecule has 2 saturated heterocycles. The van der Waals surface area contributed by atoms with Crippen molar-refractivity contribution in [1.29, 1.82) is 0 Å². The van der Waals surface area contributed by atoms with Crippen molar-refractivity contribution in [2.24, 2.45) is 5.41 Å². The first-order valence-electron chi connectivity index (χ1n) is 11.2. The van der Waals surface area contributed by atoms with Crippen LogP contribution in [-0.4, -0.2) is 48.1 Å². The third-order valence-electron chi connectivity index (χ3n) is 7.45. The maximum atomic E-state index is 13.8. The minimum absolute atomic E-state index is 0.223. The van der Waals surface area contributed by atoms with Gasteiger partial charge in [0.05, 0.1) is 23.2 Å². The van der Waals surface area contributed by atoms with Crippen molar-refractivity contribution in [1.82, 2.24) is 15.2 Å². The lowest BCUT2D eigenvalue weighted by Gasteiger charge is -2.36. The molecule has 0 saturated carbocycles.